The molecule has 6 aromatic carbocycles. The first-order chi connectivity index (χ1) is 20.8. The fourth-order valence-corrected chi connectivity index (χ4v) is 6.49. The molecular formula is C38H24N4. The van der Waals surface area contributed by atoms with Gasteiger partial charge in [-0.25, -0.2) is 9.97 Å². The molecule has 0 spiro atoms. The molecule has 2 aromatic heterocycles. The summed E-state index contributed by atoms with van der Waals surface area (Å²) in [6.45, 7) is 0. The van der Waals surface area contributed by atoms with Gasteiger partial charge >= 0.3 is 0 Å². The Bertz CT molecular complexity index is 2250. The molecular weight excluding hydrogens is 512 g/mol. The number of aromatic nitrogens is 3. The fourth-order valence-electron chi connectivity index (χ4n) is 6.49. The third kappa shape index (κ3) is 3.29. The van der Waals surface area contributed by atoms with E-state index in [0.717, 1.165) is 56.3 Å². The van der Waals surface area contributed by atoms with Crippen molar-refractivity contribution in [1.82, 2.24) is 14.5 Å². The minimum atomic E-state index is 0.728. The Labute approximate surface area is 242 Å². The highest BCUT2D eigenvalue weighted by Gasteiger charge is 2.27. The van der Waals surface area contributed by atoms with E-state index >= 15 is 0 Å². The molecule has 0 aliphatic carbocycles. The van der Waals surface area contributed by atoms with E-state index in [2.05, 4.69) is 155 Å². The van der Waals surface area contributed by atoms with Crippen molar-refractivity contribution in [3.8, 4) is 28.3 Å². The van der Waals surface area contributed by atoms with Gasteiger partial charge in [-0.15, -0.1) is 0 Å². The summed E-state index contributed by atoms with van der Waals surface area (Å²) in [6.07, 6.45) is 0. The summed E-state index contributed by atoms with van der Waals surface area (Å²) in [5.41, 5.74) is 10.9. The van der Waals surface area contributed by atoms with Gasteiger partial charge < -0.3 is 9.47 Å². The van der Waals surface area contributed by atoms with Gasteiger partial charge in [-0.1, -0.05) is 78.9 Å². The fraction of sp³-hybridized carbons (Fsp3) is 0. The molecule has 0 fully saturated rings. The second-order valence-electron chi connectivity index (χ2n) is 10.7. The SMILES string of the molecule is c1ccc(N2c3ccccc3-c3nc(-c4ccc(-n5c6ccccc6c6ccccc65)cc4)nc4cccc2c34)cc1. The first-order valence-electron chi connectivity index (χ1n) is 14.2. The Balaban J connectivity index is 1.21. The lowest BCUT2D eigenvalue weighted by atomic mass is 9.96. The van der Waals surface area contributed by atoms with Crippen molar-refractivity contribution in [3.05, 3.63) is 146 Å². The van der Waals surface area contributed by atoms with Crippen LogP contribution in [0.25, 0.3) is 61.0 Å². The zero-order valence-electron chi connectivity index (χ0n) is 22.6. The Morgan fingerprint density at radius 1 is 0.452 bits per heavy atom. The Morgan fingerprint density at radius 3 is 1.86 bits per heavy atom. The summed E-state index contributed by atoms with van der Waals surface area (Å²) in [4.78, 5) is 12.6. The monoisotopic (exact) mass is 536 g/mol. The van der Waals surface area contributed by atoms with Gasteiger partial charge in [0.2, 0.25) is 0 Å². The van der Waals surface area contributed by atoms with Crippen molar-refractivity contribution in [3.63, 3.8) is 0 Å². The van der Waals surface area contributed by atoms with Crippen LogP contribution in [0, 0.1) is 0 Å². The van der Waals surface area contributed by atoms with Gasteiger partial charge in [0.1, 0.15) is 0 Å². The third-order valence-corrected chi connectivity index (χ3v) is 8.32. The average Bonchev–Trinajstić information content (AvgIpc) is 3.40. The van der Waals surface area contributed by atoms with Crippen LogP contribution < -0.4 is 4.90 Å². The van der Waals surface area contributed by atoms with E-state index in [9.17, 15) is 0 Å². The summed E-state index contributed by atoms with van der Waals surface area (Å²) in [7, 11) is 0. The lowest BCUT2D eigenvalue weighted by Gasteiger charge is -2.32. The minimum Gasteiger partial charge on any atom is -0.309 e. The maximum absolute atomic E-state index is 5.22. The molecule has 0 amide bonds. The largest absolute Gasteiger partial charge is 0.309 e. The molecule has 8 aromatic rings. The maximum Gasteiger partial charge on any atom is 0.160 e. The van der Waals surface area contributed by atoms with E-state index in [1.54, 1.807) is 0 Å². The molecule has 0 radical (unpaired) electrons. The lowest BCUT2D eigenvalue weighted by Crippen LogP contribution is -2.16. The highest BCUT2D eigenvalue weighted by Crippen LogP contribution is 2.50. The zero-order valence-corrected chi connectivity index (χ0v) is 22.6. The van der Waals surface area contributed by atoms with Gasteiger partial charge in [0, 0.05) is 33.3 Å². The average molecular weight is 537 g/mol. The second-order valence-corrected chi connectivity index (χ2v) is 10.7. The number of rotatable bonds is 3. The molecule has 0 atom stereocenters. The minimum absolute atomic E-state index is 0.728. The first-order valence-corrected chi connectivity index (χ1v) is 14.2. The quantitative estimate of drug-likeness (QED) is 0.225. The number of nitrogens with zero attached hydrogens (tertiary/aromatic N) is 4. The maximum atomic E-state index is 5.22. The Morgan fingerprint density at radius 2 is 1.10 bits per heavy atom. The molecule has 1 aliphatic heterocycles. The number of hydrogen-bond donors (Lipinski definition) is 0. The topological polar surface area (TPSA) is 34.0 Å². The van der Waals surface area contributed by atoms with Gasteiger partial charge in [0.05, 0.1) is 39.0 Å². The van der Waals surface area contributed by atoms with Crippen molar-refractivity contribution in [2.45, 2.75) is 0 Å². The smallest absolute Gasteiger partial charge is 0.160 e. The second kappa shape index (κ2) is 8.88. The molecule has 196 valence electrons. The van der Waals surface area contributed by atoms with Crippen molar-refractivity contribution in [1.29, 1.82) is 0 Å². The van der Waals surface area contributed by atoms with Crippen molar-refractivity contribution >= 4 is 49.8 Å². The highest BCUT2D eigenvalue weighted by atomic mass is 15.2. The van der Waals surface area contributed by atoms with E-state index in [0.29, 0.717) is 0 Å². The molecule has 0 saturated carbocycles. The van der Waals surface area contributed by atoms with Crippen LogP contribution in [0.4, 0.5) is 17.1 Å². The summed E-state index contributed by atoms with van der Waals surface area (Å²) in [5.74, 6) is 0.728. The lowest BCUT2D eigenvalue weighted by molar-refractivity contribution is 1.17. The normalized spacial score (nSPS) is 12.2. The van der Waals surface area contributed by atoms with E-state index in [-0.39, 0.29) is 0 Å². The molecule has 9 rings (SSSR count). The molecule has 0 bridgehead atoms. The van der Waals surface area contributed by atoms with E-state index in [1.165, 1.54) is 21.8 Å². The van der Waals surface area contributed by atoms with Crippen molar-refractivity contribution < 1.29 is 0 Å². The molecule has 0 N–H and O–H groups in total. The summed E-state index contributed by atoms with van der Waals surface area (Å²) in [6, 6.07) is 51.2. The van der Waals surface area contributed by atoms with Crippen LogP contribution in [0.15, 0.2) is 146 Å². The van der Waals surface area contributed by atoms with Gasteiger partial charge in [0.25, 0.3) is 0 Å². The number of hydrogen-bond acceptors (Lipinski definition) is 3. The Hall–Kier alpha value is -5.74. The van der Waals surface area contributed by atoms with Crippen LogP contribution in [0.2, 0.25) is 0 Å². The van der Waals surface area contributed by atoms with Crippen LogP contribution in [0.1, 0.15) is 0 Å². The standard InChI is InChI=1S/C38H24N4/c1-2-11-26(12-3-1)42-34-19-9-6-15-30(34)37-36-31(16-10-20-35(36)42)39-38(40-37)25-21-23-27(24-22-25)41-32-17-7-4-13-28(32)29-14-5-8-18-33(29)41/h1-24H. The van der Waals surface area contributed by atoms with Gasteiger partial charge in [-0.05, 0) is 66.7 Å². The number of anilines is 3. The zero-order chi connectivity index (χ0) is 27.6. The molecule has 3 heterocycles. The molecule has 0 saturated heterocycles. The number of para-hydroxylation sites is 4. The van der Waals surface area contributed by atoms with E-state index in [1.807, 2.05) is 0 Å². The number of fused-ring (bicyclic) bond motifs is 5. The summed E-state index contributed by atoms with van der Waals surface area (Å²) < 4.78 is 2.33. The molecule has 0 unspecified atom stereocenters. The van der Waals surface area contributed by atoms with E-state index in [4.69, 9.17) is 9.97 Å². The molecule has 1 aliphatic rings. The third-order valence-electron chi connectivity index (χ3n) is 8.32. The van der Waals surface area contributed by atoms with Gasteiger partial charge in [0.15, 0.2) is 5.82 Å². The highest BCUT2D eigenvalue weighted by molar-refractivity contribution is 6.12. The van der Waals surface area contributed by atoms with Crippen LogP contribution in [-0.2, 0) is 0 Å². The predicted octanol–water partition coefficient (Wildman–Crippen LogP) is 9.84. The molecule has 4 nitrogen and oxygen atoms in total. The van der Waals surface area contributed by atoms with E-state index < -0.39 is 0 Å². The van der Waals surface area contributed by atoms with Crippen LogP contribution in [0.3, 0.4) is 0 Å². The van der Waals surface area contributed by atoms with Crippen LogP contribution >= 0.6 is 0 Å². The van der Waals surface area contributed by atoms with Crippen molar-refractivity contribution in [2.24, 2.45) is 0 Å². The summed E-state index contributed by atoms with van der Waals surface area (Å²) >= 11 is 0. The van der Waals surface area contributed by atoms with Gasteiger partial charge in [-0.3, -0.25) is 0 Å². The van der Waals surface area contributed by atoms with Crippen molar-refractivity contribution in [2.75, 3.05) is 4.90 Å². The molecule has 42 heavy (non-hydrogen) atoms. The Kier molecular flexibility index (Phi) is 4.87. The number of benzene rings is 6. The van der Waals surface area contributed by atoms with Crippen LogP contribution in [-0.4, -0.2) is 14.5 Å². The first kappa shape index (κ1) is 23.0. The predicted molar refractivity (Wildman–Crippen MR) is 173 cm³/mol. The summed E-state index contributed by atoms with van der Waals surface area (Å²) in [5, 5.41) is 3.59. The van der Waals surface area contributed by atoms with Crippen LogP contribution in [0.5, 0.6) is 0 Å². The molecule has 4 heteroatoms. The van der Waals surface area contributed by atoms with Gasteiger partial charge in [-0.2, -0.15) is 0 Å².